The minimum atomic E-state index is -0.250. The largest absolute Gasteiger partial charge is 0.377 e. The molecular formula is C14H12Br2FN. The van der Waals surface area contributed by atoms with Gasteiger partial charge in [-0.3, -0.25) is 0 Å². The fourth-order valence-electron chi connectivity index (χ4n) is 1.75. The van der Waals surface area contributed by atoms with Crippen LogP contribution in [0.3, 0.4) is 0 Å². The molecule has 1 atom stereocenters. The molecule has 2 aromatic rings. The number of benzene rings is 2. The number of hydrogen-bond acceptors (Lipinski definition) is 1. The summed E-state index contributed by atoms with van der Waals surface area (Å²) in [6.07, 6.45) is 0. The van der Waals surface area contributed by atoms with Gasteiger partial charge in [0.05, 0.1) is 5.69 Å². The van der Waals surface area contributed by atoms with Crippen LogP contribution in [0.25, 0.3) is 0 Å². The van der Waals surface area contributed by atoms with Gasteiger partial charge < -0.3 is 5.32 Å². The van der Waals surface area contributed by atoms with Gasteiger partial charge in [-0.05, 0) is 52.7 Å². The SMILES string of the molecule is CC(Nc1cc(F)ccc1Br)c1ccccc1Br. The number of nitrogens with one attached hydrogen (secondary N) is 1. The first-order chi connectivity index (χ1) is 8.58. The summed E-state index contributed by atoms with van der Waals surface area (Å²) in [5.41, 5.74) is 1.88. The van der Waals surface area contributed by atoms with E-state index in [2.05, 4.69) is 37.2 Å². The molecule has 0 bridgehead atoms. The van der Waals surface area contributed by atoms with E-state index in [1.807, 2.05) is 31.2 Å². The van der Waals surface area contributed by atoms with E-state index in [0.29, 0.717) is 0 Å². The summed E-state index contributed by atoms with van der Waals surface area (Å²) < 4.78 is 15.1. The van der Waals surface area contributed by atoms with Crippen LogP contribution in [0.4, 0.5) is 10.1 Å². The summed E-state index contributed by atoms with van der Waals surface area (Å²) in [5.74, 6) is -0.250. The Kier molecular flexibility index (Phi) is 4.40. The molecule has 0 saturated heterocycles. The van der Waals surface area contributed by atoms with Crippen LogP contribution >= 0.6 is 31.9 Å². The molecular weight excluding hydrogens is 361 g/mol. The molecule has 0 heterocycles. The molecule has 0 aromatic heterocycles. The lowest BCUT2D eigenvalue weighted by Gasteiger charge is -2.18. The van der Waals surface area contributed by atoms with Crippen molar-refractivity contribution < 1.29 is 4.39 Å². The van der Waals surface area contributed by atoms with Gasteiger partial charge in [0, 0.05) is 15.0 Å². The normalized spacial score (nSPS) is 12.2. The van der Waals surface area contributed by atoms with Crippen LogP contribution in [-0.2, 0) is 0 Å². The van der Waals surface area contributed by atoms with Crippen LogP contribution in [0, 0.1) is 5.82 Å². The van der Waals surface area contributed by atoms with E-state index in [4.69, 9.17) is 0 Å². The van der Waals surface area contributed by atoms with Crippen molar-refractivity contribution in [1.29, 1.82) is 0 Å². The van der Waals surface area contributed by atoms with Gasteiger partial charge in [-0.25, -0.2) is 4.39 Å². The fraction of sp³-hybridized carbons (Fsp3) is 0.143. The van der Waals surface area contributed by atoms with Gasteiger partial charge >= 0.3 is 0 Å². The molecule has 2 aromatic carbocycles. The van der Waals surface area contributed by atoms with Gasteiger partial charge in [-0.2, -0.15) is 0 Å². The summed E-state index contributed by atoms with van der Waals surface area (Å²) in [4.78, 5) is 0. The second kappa shape index (κ2) is 5.85. The molecule has 94 valence electrons. The van der Waals surface area contributed by atoms with Crippen LogP contribution in [-0.4, -0.2) is 0 Å². The van der Waals surface area contributed by atoms with Crippen molar-refractivity contribution in [2.75, 3.05) is 5.32 Å². The molecule has 0 aliphatic carbocycles. The van der Waals surface area contributed by atoms with Gasteiger partial charge in [0.2, 0.25) is 0 Å². The lowest BCUT2D eigenvalue weighted by molar-refractivity contribution is 0.627. The topological polar surface area (TPSA) is 12.0 Å². The van der Waals surface area contributed by atoms with Crippen LogP contribution in [0.15, 0.2) is 51.4 Å². The van der Waals surface area contributed by atoms with E-state index in [0.717, 1.165) is 20.2 Å². The predicted molar refractivity (Wildman–Crippen MR) is 80.3 cm³/mol. The molecule has 4 heteroatoms. The average Bonchev–Trinajstić information content (AvgIpc) is 2.34. The molecule has 1 unspecified atom stereocenters. The minimum absolute atomic E-state index is 0.0821. The summed E-state index contributed by atoms with van der Waals surface area (Å²) in [6.45, 7) is 2.04. The Bertz CT molecular complexity index is 557. The molecule has 0 fully saturated rings. The zero-order valence-electron chi connectivity index (χ0n) is 9.75. The summed E-state index contributed by atoms with van der Waals surface area (Å²) >= 11 is 6.93. The first-order valence-electron chi connectivity index (χ1n) is 5.54. The van der Waals surface area contributed by atoms with Gasteiger partial charge in [-0.15, -0.1) is 0 Å². The van der Waals surface area contributed by atoms with Gasteiger partial charge in [-0.1, -0.05) is 34.1 Å². The molecule has 0 aliphatic rings. The van der Waals surface area contributed by atoms with E-state index in [9.17, 15) is 4.39 Å². The van der Waals surface area contributed by atoms with E-state index in [1.54, 1.807) is 6.07 Å². The molecule has 18 heavy (non-hydrogen) atoms. The Morgan fingerprint density at radius 3 is 2.50 bits per heavy atom. The Morgan fingerprint density at radius 1 is 1.06 bits per heavy atom. The smallest absolute Gasteiger partial charge is 0.125 e. The van der Waals surface area contributed by atoms with Gasteiger partial charge in [0.15, 0.2) is 0 Å². The molecule has 1 N–H and O–H groups in total. The summed E-state index contributed by atoms with van der Waals surface area (Å²) in [5, 5.41) is 3.29. The van der Waals surface area contributed by atoms with Crippen LogP contribution < -0.4 is 5.32 Å². The fourth-order valence-corrected chi connectivity index (χ4v) is 2.73. The third-order valence-electron chi connectivity index (χ3n) is 2.67. The van der Waals surface area contributed by atoms with Crippen molar-refractivity contribution in [1.82, 2.24) is 0 Å². The average molecular weight is 373 g/mol. The molecule has 1 nitrogen and oxygen atoms in total. The number of hydrogen-bond donors (Lipinski definition) is 1. The van der Waals surface area contributed by atoms with Crippen molar-refractivity contribution in [3.63, 3.8) is 0 Å². The van der Waals surface area contributed by atoms with Gasteiger partial charge in [0.25, 0.3) is 0 Å². The maximum absolute atomic E-state index is 13.2. The standard InChI is InChI=1S/C14H12Br2FN/c1-9(11-4-2-3-5-12(11)15)18-14-8-10(17)6-7-13(14)16/h2-9,18H,1H3. The van der Waals surface area contributed by atoms with Crippen molar-refractivity contribution >= 4 is 37.5 Å². The predicted octanol–water partition coefficient (Wildman–Crippen LogP) is 5.52. The van der Waals surface area contributed by atoms with E-state index in [-0.39, 0.29) is 11.9 Å². The Morgan fingerprint density at radius 2 is 1.78 bits per heavy atom. The molecule has 0 saturated carbocycles. The van der Waals surface area contributed by atoms with Crippen molar-refractivity contribution in [2.45, 2.75) is 13.0 Å². The third-order valence-corrected chi connectivity index (χ3v) is 4.09. The number of halogens is 3. The first-order valence-corrected chi connectivity index (χ1v) is 7.12. The van der Waals surface area contributed by atoms with Gasteiger partial charge in [0.1, 0.15) is 5.82 Å². The molecule has 2 rings (SSSR count). The Labute approximate surface area is 123 Å². The van der Waals surface area contributed by atoms with E-state index < -0.39 is 0 Å². The lowest BCUT2D eigenvalue weighted by Crippen LogP contribution is -2.07. The summed E-state index contributed by atoms with van der Waals surface area (Å²) in [6, 6.07) is 12.7. The second-order valence-corrected chi connectivity index (χ2v) is 5.72. The van der Waals surface area contributed by atoms with Crippen LogP contribution in [0.2, 0.25) is 0 Å². The molecule has 0 spiro atoms. The first kappa shape index (κ1) is 13.6. The second-order valence-electron chi connectivity index (χ2n) is 4.01. The van der Waals surface area contributed by atoms with Crippen molar-refractivity contribution in [3.8, 4) is 0 Å². The highest BCUT2D eigenvalue weighted by Gasteiger charge is 2.10. The zero-order chi connectivity index (χ0) is 13.1. The highest BCUT2D eigenvalue weighted by atomic mass is 79.9. The highest BCUT2D eigenvalue weighted by Crippen LogP contribution is 2.30. The number of rotatable bonds is 3. The zero-order valence-corrected chi connectivity index (χ0v) is 12.9. The van der Waals surface area contributed by atoms with E-state index >= 15 is 0 Å². The van der Waals surface area contributed by atoms with E-state index in [1.165, 1.54) is 12.1 Å². The maximum atomic E-state index is 13.2. The number of anilines is 1. The maximum Gasteiger partial charge on any atom is 0.125 e. The van der Waals surface area contributed by atoms with Crippen LogP contribution in [0.1, 0.15) is 18.5 Å². The molecule has 0 aliphatic heterocycles. The minimum Gasteiger partial charge on any atom is -0.377 e. The quantitative estimate of drug-likeness (QED) is 0.747. The third kappa shape index (κ3) is 3.12. The van der Waals surface area contributed by atoms with Crippen LogP contribution in [0.5, 0.6) is 0 Å². The summed E-state index contributed by atoms with van der Waals surface area (Å²) in [7, 11) is 0. The van der Waals surface area contributed by atoms with Crippen molar-refractivity contribution in [3.05, 3.63) is 62.8 Å². The monoisotopic (exact) mass is 371 g/mol. The van der Waals surface area contributed by atoms with Crippen molar-refractivity contribution in [2.24, 2.45) is 0 Å². The highest BCUT2D eigenvalue weighted by molar-refractivity contribution is 9.10. The molecule has 0 radical (unpaired) electrons. The Hall–Kier alpha value is -0.870. The lowest BCUT2D eigenvalue weighted by atomic mass is 10.1. The Balaban J connectivity index is 2.24. The molecule has 0 amide bonds.